The van der Waals surface area contributed by atoms with Gasteiger partial charge in [-0.1, -0.05) is 17.7 Å². The number of hydrogen-bond acceptors (Lipinski definition) is 3. The van der Waals surface area contributed by atoms with E-state index < -0.39 is 0 Å². The Hall–Kier alpha value is -3.02. The molecular formula is C18H20N4O2. The number of benzene rings is 2. The van der Waals surface area contributed by atoms with Crippen molar-refractivity contribution in [3.8, 4) is 5.75 Å². The van der Waals surface area contributed by atoms with Crippen molar-refractivity contribution in [2.75, 3.05) is 18.5 Å². The Kier molecular flexibility index (Phi) is 4.96. The molecule has 0 bridgehead atoms. The summed E-state index contributed by atoms with van der Waals surface area (Å²) in [5.74, 6) is 0.845. The number of anilines is 1. The Bertz CT molecular complexity index is 811. The van der Waals surface area contributed by atoms with Crippen LogP contribution in [0.2, 0.25) is 0 Å². The maximum Gasteiger partial charge on any atom is 0.319 e. The highest BCUT2D eigenvalue weighted by Gasteiger charge is 2.03. The minimum atomic E-state index is -0.232. The lowest BCUT2D eigenvalue weighted by molar-refractivity contribution is 0.250. The van der Waals surface area contributed by atoms with Crippen LogP contribution in [-0.4, -0.2) is 29.4 Å². The van der Waals surface area contributed by atoms with Crippen molar-refractivity contribution in [2.24, 2.45) is 0 Å². The van der Waals surface area contributed by atoms with E-state index in [1.807, 2.05) is 49.4 Å². The standard InChI is InChI=1S/C18H20N4O2/c1-13-3-7-16(8-4-13)24-10-2-9-19-18(23)21-15-6-5-14-12-20-22-17(14)11-15/h3-8,11-12H,2,9-10H2,1H3,(H,20,22)(H2,19,21,23). The van der Waals surface area contributed by atoms with E-state index >= 15 is 0 Å². The van der Waals surface area contributed by atoms with Gasteiger partial charge in [0.05, 0.1) is 18.3 Å². The number of hydrogen-bond donors (Lipinski definition) is 3. The minimum Gasteiger partial charge on any atom is -0.494 e. The van der Waals surface area contributed by atoms with E-state index in [-0.39, 0.29) is 6.03 Å². The van der Waals surface area contributed by atoms with Gasteiger partial charge in [0.25, 0.3) is 0 Å². The van der Waals surface area contributed by atoms with Crippen LogP contribution in [0.15, 0.2) is 48.7 Å². The summed E-state index contributed by atoms with van der Waals surface area (Å²) in [6, 6.07) is 13.3. The molecule has 124 valence electrons. The molecular weight excluding hydrogens is 304 g/mol. The molecule has 0 saturated heterocycles. The molecule has 3 rings (SSSR count). The van der Waals surface area contributed by atoms with E-state index in [0.717, 1.165) is 28.8 Å². The summed E-state index contributed by atoms with van der Waals surface area (Å²) in [4.78, 5) is 11.9. The molecule has 0 radical (unpaired) electrons. The van der Waals surface area contributed by atoms with Gasteiger partial charge in [-0.15, -0.1) is 0 Å². The van der Waals surface area contributed by atoms with E-state index in [1.54, 1.807) is 6.20 Å². The molecule has 1 heterocycles. The molecule has 0 fully saturated rings. The van der Waals surface area contributed by atoms with E-state index in [4.69, 9.17) is 4.74 Å². The zero-order chi connectivity index (χ0) is 16.8. The van der Waals surface area contributed by atoms with Gasteiger partial charge in [0.1, 0.15) is 5.75 Å². The fourth-order valence-electron chi connectivity index (χ4n) is 2.29. The minimum absolute atomic E-state index is 0.232. The molecule has 24 heavy (non-hydrogen) atoms. The van der Waals surface area contributed by atoms with Crippen LogP contribution in [0.3, 0.4) is 0 Å². The van der Waals surface area contributed by atoms with Gasteiger partial charge in [0.2, 0.25) is 0 Å². The molecule has 6 heteroatoms. The molecule has 0 aliphatic carbocycles. The molecule has 1 aromatic heterocycles. The topological polar surface area (TPSA) is 79.0 Å². The summed E-state index contributed by atoms with van der Waals surface area (Å²) in [7, 11) is 0. The van der Waals surface area contributed by atoms with Crippen LogP contribution in [0.5, 0.6) is 5.75 Å². The molecule has 0 spiro atoms. The van der Waals surface area contributed by atoms with Crippen LogP contribution in [0.25, 0.3) is 10.9 Å². The van der Waals surface area contributed by atoms with Crippen molar-refractivity contribution in [3.63, 3.8) is 0 Å². The zero-order valence-electron chi connectivity index (χ0n) is 13.5. The first-order valence-electron chi connectivity index (χ1n) is 7.88. The number of aryl methyl sites for hydroxylation is 1. The molecule has 0 saturated carbocycles. The van der Waals surface area contributed by atoms with Crippen molar-refractivity contribution in [1.29, 1.82) is 0 Å². The van der Waals surface area contributed by atoms with Crippen LogP contribution in [-0.2, 0) is 0 Å². The third-order valence-electron chi connectivity index (χ3n) is 3.60. The fraction of sp³-hybridized carbons (Fsp3) is 0.222. The normalized spacial score (nSPS) is 10.5. The number of aromatic amines is 1. The van der Waals surface area contributed by atoms with Crippen molar-refractivity contribution in [2.45, 2.75) is 13.3 Å². The summed E-state index contributed by atoms with van der Waals surface area (Å²) in [5, 5.41) is 13.4. The second-order valence-electron chi connectivity index (χ2n) is 5.57. The van der Waals surface area contributed by atoms with Crippen LogP contribution in [0, 0.1) is 6.92 Å². The Morgan fingerprint density at radius 3 is 2.88 bits per heavy atom. The number of ether oxygens (including phenoxy) is 1. The molecule has 3 aromatic rings. The smallest absolute Gasteiger partial charge is 0.319 e. The van der Waals surface area contributed by atoms with E-state index in [2.05, 4.69) is 20.8 Å². The first-order valence-corrected chi connectivity index (χ1v) is 7.88. The number of nitrogens with one attached hydrogen (secondary N) is 3. The average Bonchev–Trinajstić information content (AvgIpc) is 3.04. The first kappa shape index (κ1) is 15.9. The Morgan fingerprint density at radius 2 is 2.04 bits per heavy atom. The number of aromatic nitrogens is 2. The van der Waals surface area contributed by atoms with Gasteiger partial charge in [-0.05, 0) is 43.7 Å². The molecule has 3 N–H and O–H groups in total. The number of rotatable bonds is 6. The van der Waals surface area contributed by atoms with Gasteiger partial charge < -0.3 is 15.4 Å². The van der Waals surface area contributed by atoms with Gasteiger partial charge >= 0.3 is 6.03 Å². The van der Waals surface area contributed by atoms with Crippen molar-refractivity contribution in [1.82, 2.24) is 15.5 Å². The molecule has 2 aromatic carbocycles. The number of carbonyl (C=O) groups is 1. The average molecular weight is 324 g/mol. The molecule has 6 nitrogen and oxygen atoms in total. The van der Waals surface area contributed by atoms with E-state index in [1.165, 1.54) is 5.56 Å². The summed E-state index contributed by atoms with van der Waals surface area (Å²) in [6.45, 7) is 3.14. The van der Waals surface area contributed by atoms with E-state index in [0.29, 0.717) is 13.2 Å². The summed E-state index contributed by atoms with van der Waals surface area (Å²) < 4.78 is 5.62. The van der Waals surface area contributed by atoms with Crippen LogP contribution in [0.1, 0.15) is 12.0 Å². The summed E-state index contributed by atoms with van der Waals surface area (Å²) >= 11 is 0. The Balaban J connectivity index is 1.37. The second-order valence-corrected chi connectivity index (χ2v) is 5.57. The monoisotopic (exact) mass is 324 g/mol. The van der Waals surface area contributed by atoms with Crippen molar-refractivity contribution in [3.05, 3.63) is 54.2 Å². The molecule has 0 aliphatic rings. The highest BCUT2D eigenvalue weighted by atomic mass is 16.5. The summed E-state index contributed by atoms with van der Waals surface area (Å²) in [6.07, 6.45) is 2.48. The molecule has 0 aliphatic heterocycles. The predicted octanol–water partition coefficient (Wildman–Crippen LogP) is 3.46. The van der Waals surface area contributed by atoms with Gasteiger partial charge in [-0.2, -0.15) is 5.10 Å². The number of nitrogens with zero attached hydrogens (tertiary/aromatic N) is 1. The van der Waals surface area contributed by atoms with Crippen molar-refractivity contribution >= 4 is 22.6 Å². The SMILES string of the molecule is Cc1ccc(OCCCNC(=O)Nc2ccc3cn[nH]c3c2)cc1. The van der Waals surface area contributed by atoms with Gasteiger partial charge in [-0.25, -0.2) is 4.79 Å². The Labute approximate surface area is 140 Å². The van der Waals surface area contributed by atoms with Gasteiger partial charge in [0.15, 0.2) is 0 Å². The maximum absolute atomic E-state index is 11.9. The second kappa shape index (κ2) is 7.50. The largest absolute Gasteiger partial charge is 0.494 e. The van der Waals surface area contributed by atoms with Crippen LogP contribution in [0.4, 0.5) is 10.5 Å². The lowest BCUT2D eigenvalue weighted by atomic mass is 10.2. The lowest BCUT2D eigenvalue weighted by Gasteiger charge is -2.09. The number of fused-ring (bicyclic) bond motifs is 1. The van der Waals surface area contributed by atoms with Crippen molar-refractivity contribution < 1.29 is 9.53 Å². The van der Waals surface area contributed by atoms with Gasteiger partial charge in [0, 0.05) is 17.6 Å². The fourth-order valence-corrected chi connectivity index (χ4v) is 2.29. The number of carbonyl (C=O) groups excluding carboxylic acids is 1. The highest BCUT2D eigenvalue weighted by Crippen LogP contribution is 2.16. The third kappa shape index (κ3) is 4.25. The number of urea groups is 1. The van der Waals surface area contributed by atoms with Crippen LogP contribution < -0.4 is 15.4 Å². The predicted molar refractivity (Wildman–Crippen MR) is 94.4 cm³/mol. The van der Waals surface area contributed by atoms with E-state index in [9.17, 15) is 4.79 Å². The number of H-pyrrole nitrogens is 1. The number of amides is 2. The Morgan fingerprint density at radius 1 is 1.21 bits per heavy atom. The molecule has 0 atom stereocenters. The maximum atomic E-state index is 11.9. The summed E-state index contributed by atoms with van der Waals surface area (Å²) in [5.41, 5.74) is 2.81. The quantitative estimate of drug-likeness (QED) is 0.608. The van der Waals surface area contributed by atoms with Crippen LogP contribution >= 0.6 is 0 Å². The first-order chi connectivity index (χ1) is 11.7. The van der Waals surface area contributed by atoms with Gasteiger partial charge in [-0.3, -0.25) is 5.10 Å². The highest BCUT2D eigenvalue weighted by molar-refractivity contribution is 5.92. The zero-order valence-corrected chi connectivity index (χ0v) is 13.5. The molecule has 2 amide bonds. The molecule has 0 unspecified atom stereocenters. The third-order valence-corrected chi connectivity index (χ3v) is 3.60. The lowest BCUT2D eigenvalue weighted by Crippen LogP contribution is -2.30.